The van der Waals surface area contributed by atoms with Crippen molar-refractivity contribution in [2.45, 2.75) is 32.6 Å². The van der Waals surface area contributed by atoms with Crippen LogP contribution in [0.25, 0.3) is 11.1 Å². The van der Waals surface area contributed by atoms with Crippen LogP contribution in [0, 0.1) is 0 Å². The first-order valence-corrected chi connectivity index (χ1v) is 6.85. The summed E-state index contributed by atoms with van der Waals surface area (Å²) < 4.78 is 1.06. The molecule has 0 aliphatic rings. The Bertz CT molecular complexity index is 541. The van der Waals surface area contributed by atoms with Crippen molar-refractivity contribution in [3.63, 3.8) is 0 Å². The molecule has 0 saturated carbocycles. The molecule has 0 aliphatic carbocycles. The fourth-order valence-corrected chi connectivity index (χ4v) is 2.20. The lowest BCUT2D eigenvalue weighted by Crippen LogP contribution is -2.17. The van der Waals surface area contributed by atoms with Crippen LogP contribution in [0.15, 0.2) is 28.7 Å². The van der Waals surface area contributed by atoms with Crippen molar-refractivity contribution in [3.8, 4) is 11.1 Å². The zero-order valence-electron chi connectivity index (χ0n) is 10.9. The van der Waals surface area contributed by atoms with E-state index in [0.717, 1.165) is 27.7 Å². The van der Waals surface area contributed by atoms with Gasteiger partial charge < -0.3 is 5.73 Å². The smallest absolute Gasteiger partial charge is 0.153 e. The van der Waals surface area contributed by atoms with Gasteiger partial charge in [-0.1, -0.05) is 48.8 Å². The summed E-state index contributed by atoms with van der Waals surface area (Å²) in [5, 5.41) is 7.26. The van der Waals surface area contributed by atoms with Crippen molar-refractivity contribution >= 4 is 21.7 Å². The van der Waals surface area contributed by atoms with Crippen LogP contribution in [-0.4, -0.2) is 10.2 Å². The Morgan fingerprint density at radius 1 is 1.28 bits per heavy atom. The molecule has 3 N–H and O–H groups in total. The number of anilines is 1. The summed E-state index contributed by atoms with van der Waals surface area (Å²) in [6.45, 7) is 6.56. The third kappa shape index (κ3) is 2.29. The summed E-state index contributed by atoms with van der Waals surface area (Å²) in [5.41, 5.74) is 9.27. The fraction of sp³-hybridized carbons (Fsp3) is 0.357. The van der Waals surface area contributed by atoms with E-state index < -0.39 is 0 Å². The normalized spacial score (nSPS) is 11.8. The highest BCUT2D eigenvalue weighted by atomic mass is 79.9. The molecule has 0 unspecified atom stereocenters. The van der Waals surface area contributed by atoms with Gasteiger partial charge in [-0.2, -0.15) is 5.10 Å². The van der Waals surface area contributed by atoms with Gasteiger partial charge >= 0.3 is 0 Å². The monoisotopic (exact) mass is 307 g/mol. The summed E-state index contributed by atoms with van der Waals surface area (Å²) in [5.74, 6) is 0.564. The number of rotatable bonds is 3. The third-order valence-electron chi connectivity index (χ3n) is 3.49. The summed E-state index contributed by atoms with van der Waals surface area (Å²) >= 11 is 3.44. The van der Waals surface area contributed by atoms with Gasteiger partial charge in [0.1, 0.15) is 0 Å². The van der Waals surface area contributed by atoms with Crippen molar-refractivity contribution in [1.29, 1.82) is 0 Å². The summed E-state index contributed by atoms with van der Waals surface area (Å²) in [4.78, 5) is 0. The maximum absolute atomic E-state index is 6.01. The molecule has 0 fully saturated rings. The van der Waals surface area contributed by atoms with Crippen molar-refractivity contribution in [1.82, 2.24) is 10.2 Å². The molecule has 0 saturated heterocycles. The van der Waals surface area contributed by atoms with E-state index in [1.807, 2.05) is 12.1 Å². The lowest BCUT2D eigenvalue weighted by atomic mass is 9.83. The van der Waals surface area contributed by atoms with Crippen LogP contribution in [0.1, 0.15) is 32.9 Å². The van der Waals surface area contributed by atoms with E-state index >= 15 is 0 Å². The minimum Gasteiger partial charge on any atom is -0.382 e. The topological polar surface area (TPSA) is 54.7 Å². The standard InChI is InChI=1S/C14H18BrN3/c1-4-14(2,3)12-11(13(16)18-17-12)9-5-7-10(15)8-6-9/h5-8H,4H2,1-3H3,(H3,16,17,18). The third-order valence-corrected chi connectivity index (χ3v) is 4.02. The molecule has 2 rings (SSSR count). The molecule has 4 heteroatoms. The molecular formula is C14H18BrN3. The number of hydrogen-bond donors (Lipinski definition) is 2. The second kappa shape index (κ2) is 4.76. The molecule has 0 aliphatic heterocycles. The zero-order chi connectivity index (χ0) is 13.3. The van der Waals surface area contributed by atoms with Crippen LogP contribution in [0.3, 0.4) is 0 Å². The average Bonchev–Trinajstić information content (AvgIpc) is 2.73. The highest BCUT2D eigenvalue weighted by Gasteiger charge is 2.26. The van der Waals surface area contributed by atoms with E-state index in [4.69, 9.17) is 5.73 Å². The van der Waals surface area contributed by atoms with Gasteiger partial charge in [-0.05, 0) is 24.1 Å². The molecule has 0 atom stereocenters. The number of hydrogen-bond acceptors (Lipinski definition) is 2. The van der Waals surface area contributed by atoms with Gasteiger partial charge in [0.05, 0.1) is 5.69 Å². The van der Waals surface area contributed by atoms with Crippen molar-refractivity contribution in [2.75, 3.05) is 5.73 Å². The summed E-state index contributed by atoms with van der Waals surface area (Å²) in [7, 11) is 0. The van der Waals surface area contributed by atoms with Gasteiger partial charge in [-0.3, -0.25) is 5.10 Å². The molecule has 1 aromatic heterocycles. The molecule has 0 bridgehead atoms. The van der Waals surface area contributed by atoms with Gasteiger partial charge in [0.15, 0.2) is 5.82 Å². The predicted molar refractivity (Wildman–Crippen MR) is 79.5 cm³/mol. The Kier molecular flexibility index (Phi) is 3.48. The lowest BCUT2D eigenvalue weighted by Gasteiger charge is -2.22. The van der Waals surface area contributed by atoms with E-state index in [0.29, 0.717) is 5.82 Å². The summed E-state index contributed by atoms with van der Waals surface area (Å²) in [6.07, 6.45) is 1.03. The van der Waals surface area contributed by atoms with Crippen molar-refractivity contribution in [3.05, 3.63) is 34.4 Å². The minimum absolute atomic E-state index is 0.0347. The van der Waals surface area contributed by atoms with E-state index in [1.54, 1.807) is 0 Å². The number of benzene rings is 1. The number of nitrogen functional groups attached to an aromatic ring is 1. The fourth-order valence-electron chi connectivity index (χ4n) is 1.93. The number of halogens is 1. The second-order valence-electron chi connectivity index (χ2n) is 5.10. The largest absolute Gasteiger partial charge is 0.382 e. The molecule has 0 radical (unpaired) electrons. The quantitative estimate of drug-likeness (QED) is 0.896. The van der Waals surface area contributed by atoms with Crippen LogP contribution in [0.4, 0.5) is 5.82 Å². The molecule has 18 heavy (non-hydrogen) atoms. The Morgan fingerprint density at radius 2 is 1.89 bits per heavy atom. The van der Waals surface area contributed by atoms with Crippen molar-refractivity contribution in [2.24, 2.45) is 0 Å². The Hall–Kier alpha value is -1.29. The number of nitrogens with one attached hydrogen (secondary N) is 1. The van der Waals surface area contributed by atoms with E-state index in [2.05, 4.69) is 59.0 Å². The first-order chi connectivity index (χ1) is 8.45. The Morgan fingerprint density at radius 3 is 2.44 bits per heavy atom. The zero-order valence-corrected chi connectivity index (χ0v) is 12.5. The molecule has 3 nitrogen and oxygen atoms in total. The van der Waals surface area contributed by atoms with Crippen LogP contribution >= 0.6 is 15.9 Å². The van der Waals surface area contributed by atoms with E-state index in [-0.39, 0.29) is 5.41 Å². The lowest BCUT2D eigenvalue weighted by molar-refractivity contribution is 0.490. The Labute approximate surface area is 116 Å². The van der Waals surface area contributed by atoms with Crippen LogP contribution in [0.5, 0.6) is 0 Å². The summed E-state index contributed by atoms with van der Waals surface area (Å²) in [6, 6.07) is 8.15. The van der Waals surface area contributed by atoms with Crippen LogP contribution in [-0.2, 0) is 5.41 Å². The second-order valence-corrected chi connectivity index (χ2v) is 6.02. The van der Waals surface area contributed by atoms with E-state index in [9.17, 15) is 0 Å². The highest BCUT2D eigenvalue weighted by Crippen LogP contribution is 2.37. The maximum Gasteiger partial charge on any atom is 0.153 e. The SMILES string of the molecule is CCC(C)(C)c1[nH]nc(N)c1-c1ccc(Br)cc1. The highest BCUT2D eigenvalue weighted by molar-refractivity contribution is 9.10. The molecule has 2 aromatic rings. The average molecular weight is 308 g/mol. The molecule has 0 spiro atoms. The van der Waals surface area contributed by atoms with Gasteiger partial charge in [0.25, 0.3) is 0 Å². The molecule has 0 amide bonds. The molecule has 1 aromatic carbocycles. The number of nitrogens with zero attached hydrogens (tertiary/aromatic N) is 1. The van der Waals surface area contributed by atoms with Crippen molar-refractivity contribution < 1.29 is 0 Å². The van der Waals surface area contributed by atoms with Gasteiger partial charge in [0, 0.05) is 15.5 Å². The number of aromatic amines is 1. The minimum atomic E-state index is 0.0347. The number of nitrogens with two attached hydrogens (primary N) is 1. The van der Waals surface area contributed by atoms with Crippen LogP contribution < -0.4 is 5.73 Å². The maximum atomic E-state index is 6.01. The molecule has 96 valence electrons. The van der Waals surface area contributed by atoms with Gasteiger partial charge in [-0.25, -0.2) is 0 Å². The van der Waals surface area contributed by atoms with Gasteiger partial charge in [0.2, 0.25) is 0 Å². The van der Waals surface area contributed by atoms with Crippen LogP contribution in [0.2, 0.25) is 0 Å². The molecular weight excluding hydrogens is 290 g/mol. The first kappa shape index (κ1) is 13.1. The van der Waals surface area contributed by atoms with E-state index in [1.165, 1.54) is 0 Å². The number of H-pyrrole nitrogens is 1. The predicted octanol–water partition coefficient (Wildman–Crippen LogP) is 4.11. The first-order valence-electron chi connectivity index (χ1n) is 6.06. The molecule has 1 heterocycles. The Balaban J connectivity index is 2.57. The van der Waals surface area contributed by atoms with Gasteiger partial charge in [-0.15, -0.1) is 0 Å². The number of aromatic nitrogens is 2.